The van der Waals surface area contributed by atoms with Gasteiger partial charge < -0.3 is 9.64 Å². The van der Waals surface area contributed by atoms with Crippen molar-refractivity contribution in [3.05, 3.63) is 71.3 Å². The molecule has 2 nitrogen and oxygen atoms in total. The third-order valence-corrected chi connectivity index (χ3v) is 5.58. The molecule has 130 valence electrons. The van der Waals surface area contributed by atoms with Crippen LogP contribution >= 0.6 is 23.2 Å². The summed E-state index contributed by atoms with van der Waals surface area (Å²) in [5.41, 5.74) is 2.62. The first kappa shape index (κ1) is 16.8. The number of rotatable bonds is 5. The van der Waals surface area contributed by atoms with Crippen LogP contribution in [-0.4, -0.2) is 24.6 Å². The topological polar surface area (TPSA) is 12.5 Å². The quantitative estimate of drug-likeness (QED) is 0.381. The molecular formula is C21H21Cl2NO. The minimum Gasteiger partial charge on any atom is -0.494 e. The first-order chi connectivity index (χ1) is 12.2. The van der Waals surface area contributed by atoms with Crippen LogP contribution in [0.5, 0.6) is 5.75 Å². The van der Waals surface area contributed by atoms with Gasteiger partial charge in [-0.2, -0.15) is 0 Å². The van der Waals surface area contributed by atoms with Gasteiger partial charge in [-0.3, -0.25) is 0 Å². The van der Waals surface area contributed by atoms with Gasteiger partial charge in [0.2, 0.25) is 0 Å². The van der Waals surface area contributed by atoms with E-state index >= 15 is 0 Å². The van der Waals surface area contributed by atoms with Gasteiger partial charge in [0.05, 0.1) is 18.0 Å². The number of benzene rings is 2. The van der Waals surface area contributed by atoms with Crippen molar-refractivity contribution in [1.82, 2.24) is 0 Å². The molecule has 0 bridgehead atoms. The van der Waals surface area contributed by atoms with Crippen molar-refractivity contribution in [3.63, 3.8) is 0 Å². The molecule has 0 radical (unpaired) electrons. The smallest absolute Gasteiger partial charge is 0.119 e. The summed E-state index contributed by atoms with van der Waals surface area (Å²) < 4.78 is 5.84. The third kappa shape index (κ3) is 3.51. The molecule has 1 heterocycles. The third-order valence-electron chi connectivity index (χ3n) is 5.02. The van der Waals surface area contributed by atoms with E-state index in [1.54, 1.807) is 0 Å². The van der Waals surface area contributed by atoms with E-state index in [0.717, 1.165) is 30.2 Å². The van der Waals surface area contributed by atoms with Crippen LogP contribution < -0.4 is 9.64 Å². The zero-order chi connectivity index (χ0) is 17.2. The van der Waals surface area contributed by atoms with Crippen LogP contribution in [0.2, 0.25) is 5.02 Å². The number of allylic oxidation sites excluding steroid dienone is 1. The van der Waals surface area contributed by atoms with Crippen molar-refractivity contribution < 1.29 is 4.74 Å². The van der Waals surface area contributed by atoms with Crippen LogP contribution in [0.4, 0.5) is 5.69 Å². The Morgan fingerprint density at radius 1 is 1.08 bits per heavy atom. The average Bonchev–Trinajstić information content (AvgIpc) is 2.92. The highest BCUT2D eigenvalue weighted by molar-refractivity contribution is 6.30. The first-order valence-electron chi connectivity index (χ1n) is 8.79. The normalized spacial score (nSPS) is 24.1. The summed E-state index contributed by atoms with van der Waals surface area (Å²) in [6, 6.07) is 16.6. The summed E-state index contributed by atoms with van der Waals surface area (Å²) in [6.45, 7) is 1.67. The maximum atomic E-state index is 6.37. The Kier molecular flexibility index (Phi) is 4.91. The molecule has 0 amide bonds. The molecule has 3 unspecified atom stereocenters. The van der Waals surface area contributed by atoms with E-state index < -0.39 is 0 Å². The highest BCUT2D eigenvalue weighted by atomic mass is 35.5. The largest absolute Gasteiger partial charge is 0.494 e. The fourth-order valence-electron chi connectivity index (χ4n) is 3.92. The summed E-state index contributed by atoms with van der Waals surface area (Å²) in [6.07, 6.45) is 6.33. The Morgan fingerprint density at radius 2 is 1.92 bits per heavy atom. The number of ether oxygens (including phenoxy) is 1. The molecule has 2 aliphatic rings. The molecule has 4 heteroatoms. The molecule has 2 aromatic carbocycles. The number of nitrogens with zero attached hydrogens (tertiary/aromatic N) is 1. The summed E-state index contributed by atoms with van der Waals surface area (Å²) in [7, 11) is 0. The second kappa shape index (κ2) is 7.31. The highest BCUT2D eigenvalue weighted by Crippen LogP contribution is 2.47. The molecule has 1 aliphatic carbocycles. The van der Waals surface area contributed by atoms with Crippen LogP contribution in [-0.2, 0) is 0 Å². The number of hydrogen-bond acceptors (Lipinski definition) is 2. The predicted molar refractivity (Wildman–Crippen MR) is 105 cm³/mol. The molecule has 3 atom stereocenters. The summed E-state index contributed by atoms with van der Waals surface area (Å²) in [5.74, 6) is 1.35. The highest BCUT2D eigenvalue weighted by Gasteiger charge is 2.39. The molecular weight excluding hydrogens is 353 g/mol. The second-order valence-electron chi connectivity index (χ2n) is 6.65. The number of fused-ring (bicyclic) bond motifs is 3. The van der Waals surface area contributed by atoms with Gasteiger partial charge in [0.15, 0.2) is 0 Å². The Morgan fingerprint density at radius 3 is 2.76 bits per heavy atom. The standard InChI is InChI=1S/C21H21Cl2NO/c22-15-7-9-20-18(13-15)19-14-16(23)8-10-21(19)24(20)11-4-12-25-17-5-2-1-3-6-17/h1-3,5-10,13,16,19,21H,4,11-12,14H2. The van der Waals surface area contributed by atoms with Crippen molar-refractivity contribution >= 4 is 28.9 Å². The van der Waals surface area contributed by atoms with Crippen LogP contribution in [0, 0.1) is 0 Å². The maximum Gasteiger partial charge on any atom is 0.119 e. The minimum absolute atomic E-state index is 0.106. The fraction of sp³-hybridized carbons (Fsp3) is 0.333. The van der Waals surface area contributed by atoms with E-state index in [2.05, 4.69) is 29.2 Å². The summed E-state index contributed by atoms with van der Waals surface area (Å²) in [5, 5.41) is 0.905. The van der Waals surface area contributed by atoms with Crippen molar-refractivity contribution in [1.29, 1.82) is 0 Å². The van der Waals surface area contributed by atoms with Crippen LogP contribution in [0.3, 0.4) is 0 Å². The van der Waals surface area contributed by atoms with E-state index in [9.17, 15) is 0 Å². The number of anilines is 1. The molecule has 0 fully saturated rings. The lowest BCUT2D eigenvalue weighted by atomic mass is 9.86. The van der Waals surface area contributed by atoms with E-state index in [4.69, 9.17) is 27.9 Å². The average molecular weight is 374 g/mol. The van der Waals surface area contributed by atoms with E-state index in [-0.39, 0.29) is 5.38 Å². The zero-order valence-electron chi connectivity index (χ0n) is 13.9. The number of hydrogen-bond donors (Lipinski definition) is 0. The predicted octanol–water partition coefficient (Wildman–Crippen LogP) is 5.65. The molecule has 4 rings (SSSR count). The lowest BCUT2D eigenvalue weighted by Crippen LogP contribution is -2.36. The lowest BCUT2D eigenvalue weighted by molar-refractivity contribution is 0.310. The molecule has 0 saturated carbocycles. The van der Waals surface area contributed by atoms with Gasteiger partial charge in [-0.25, -0.2) is 0 Å². The molecule has 0 spiro atoms. The monoisotopic (exact) mass is 373 g/mol. The van der Waals surface area contributed by atoms with Crippen LogP contribution in [0.1, 0.15) is 24.3 Å². The van der Waals surface area contributed by atoms with Gasteiger partial charge in [0, 0.05) is 23.2 Å². The zero-order valence-corrected chi connectivity index (χ0v) is 15.5. The van der Waals surface area contributed by atoms with Gasteiger partial charge in [-0.05, 0) is 48.7 Å². The van der Waals surface area contributed by atoms with Gasteiger partial charge in [0.1, 0.15) is 5.75 Å². The Bertz CT molecular complexity index is 762. The first-order valence-corrected chi connectivity index (χ1v) is 9.60. The molecule has 0 N–H and O–H groups in total. The maximum absolute atomic E-state index is 6.37. The second-order valence-corrected chi connectivity index (χ2v) is 7.64. The van der Waals surface area contributed by atoms with Gasteiger partial charge in [0.25, 0.3) is 0 Å². The Hall–Kier alpha value is -1.64. The SMILES string of the molecule is Clc1ccc2c(c1)C1CC(Cl)C=CC1N2CCCOc1ccccc1. The van der Waals surface area contributed by atoms with Crippen molar-refractivity contribution in [3.8, 4) is 5.75 Å². The van der Waals surface area contributed by atoms with E-state index in [1.807, 2.05) is 36.4 Å². The number of para-hydroxylation sites is 1. The Balaban J connectivity index is 1.46. The van der Waals surface area contributed by atoms with Gasteiger partial charge in [-0.15, -0.1) is 11.6 Å². The molecule has 0 saturated heterocycles. The Labute approximate surface area is 159 Å². The van der Waals surface area contributed by atoms with E-state index in [0.29, 0.717) is 18.6 Å². The van der Waals surface area contributed by atoms with Gasteiger partial charge >= 0.3 is 0 Å². The lowest BCUT2D eigenvalue weighted by Gasteiger charge is -2.31. The van der Waals surface area contributed by atoms with Crippen LogP contribution in [0.25, 0.3) is 0 Å². The molecule has 25 heavy (non-hydrogen) atoms. The molecule has 2 aromatic rings. The number of alkyl halides is 1. The summed E-state index contributed by atoms with van der Waals surface area (Å²) >= 11 is 12.6. The molecule has 1 aliphatic heterocycles. The van der Waals surface area contributed by atoms with Crippen molar-refractivity contribution in [2.24, 2.45) is 0 Å². The molecule has 0 aromatic heterocycles. The van der Waals surface area contributed by atoms with Crippen LogP contribution in [0.15, 0.2) is 60.7 Å². The number of halogens is 2. The fourth-order valence-corrected chi connectivity index (χ4v) is 4.37. The van der Waals surface area contributed by atoms with E-state index in [1.165, 1.54) is 11.3 Å². The minimum atomic E-state index is 0.106. The van der Waals surface area contributed by atoms with Crippen molar-refractivity contribution in [2.75, 3.05) is 18.1 Å². The van der Waals surface area contributed by atoms with Crippen molar-refractivity contribution in [2.45, 2.75) is 30.2 Å². The summed E-state index contributed by atoms with van der Waals surface area (Å²) in [4.78, 5) is 2.48. The van der Waals surface area contributed by atoms with Gasteiger partial charge in [-0.1, -0.05) is 42.0 Å².